The first kappa shape index (κ1) is 15.7. The molecule has 21 heavy (non-hydrogen) atoms. The van der Waals surface area contributed by atoms with Crippen molar-refractivity contribution < 1.29 is 0 Å². The molecule has 1 atom stereocenters. The van der Waals surface area contributed by atoms with Crippen LogP contribution in [0.25, 0.3) is 0 Å². The van der Waals surface area contributed by atoms with Crippen LogP contribution < -0.4 is 11.3 Å². The quantitative estimate of drug-likeness (QED) is 0.603. The fourth-order valence-corrected chi connectivity index (χ4v) is 3.23. The predicted molar refractivity (Wildman–Crippen MR) is 84.5 cm³/mol. The van der Waals surface area contributed by atoms with Gasteiger partial charge in [0.05, 0.1) is 5.69 Å². The molecular formula is C16H25N5. The van der Waals surface area contributed by atoms with Crippen molar-refractivity contribution in [2.45, 2.75) is 44.6 Å². The van der Waals surface area contributed by atoms with Gasteiger partial charge in [-0.15, -0.1) is 5.10 Å². The minimum absolute atomic E-state index is 0.00642. The molecular weight excluding hydrogens is 262 g/mol. The number of benzene rings is 1. The third-order valence-corrected chi connectivity index (χ3v) is 4.54. The number of rotatable bonds is 7. The summed E-state index contributed by atoms with van der Waals surface area (Å²) in [5.74, 6) is 5.90. The summed E-state index contributed by atoms with van der Waals surface area (Å²) >= 11 is 0. The SMILES string of the molecule is CCC(CC)(c1ccccc1)C(Cc1cn(C)nn1)NN. The van der Waals surface area contributed by atoms with E-state index in [4.69, 9.17) is 5.84 Å². The molecule has 1 aromatic heterocycles. The summed E-state index contributed by atoms with van der Waals surface area (Å²) in [6.07, 6.45) is 4.75. The van der Waals surface area contributed by atoms with Gasteiger partial charge in [-0.25, -0.2) is 0 Å². The maximum absolute atomic E-state index is 5.90. The lowest BCUT2D eigenvalue weighted by Gasteiger charge is -2.39. The number of aromatic nitrogens is 3. The van der Waals surface area contributed by atoms with Crippen molar-refractivity contribution in [2.75, 3.05) is 0 Å². The zero-order valence-corrected chi connectivity index (χ0v) is 13.1. The molecule has 5 heteroatoms. The second-order valence-electron chi connectivity index (χ2n) is 5.54. The molecule has 0 amide bonds. The maximum atomic E-state index is 5.90. The van der Waals surface area contributed by atoms with Crippen LogP contribution in [0, 0.1) is 0 Å². The maximum Gasteiger partial charge on any atom is 0.0843 e. The Balaban J connectivity index is 2.34. The Kier molecular flexibility index (Phi) is 5.09. The average Bonchev–Trinajstić information content (AvgIpc) is 2.94. The third-order valence-electron chi connectivity index (χ3n) is 4.54. The highest BCUT2D eigenvalue weighted by Crippen LogP contribution is 2.36. The van der Waals surface area contributed by atoms with E-state index in [-0.39, 0.29) is 11.5 Å². The highest BCUT2D eigenvalue weighted by Gasteiger charge is 2.37. The molecule has 0 spiro atoms. The highest BCUT2D eigenvalue weighted by atomic mass is 15.4. The monoisotopic (exact) mass is 287 g/mol. The smallest absolute Gasteiger partial charge is 0.0843 e. The largest absolute Gasteiger partial charge is 0.271 e. The first-order valence-corrected chi connectivity index (χ1v) is 7.53. The molecule has 0 aliphatic carbocycles. The standard InChI is InChI=1S/C16H25N5/c1-4-16(5-2,13-9-7-6-8-10-13)15(18-17)11-14-12-21(3)20-19-14/h6-10,12,15,18H,4-5,11,17H2,1-3H3. The highest BCUT2D eigenvalue weighted by molar-refractivity contribution is 5.28. The van der Waals surface area contributed by atoms with Gasteiger partial charge in [0.15, 0.2) is 0 Å². The Morgan fingerprint density at radius 2 is 1.90 bits per heavy atom. The van der Waals surface area contributed by atoms with Gasteiger partial charge >= 0.3 is 0 Å². The molecule has 1 heterocycles. The fourth-order valence-electron chi connectivity index (χ4n) is 3.23. The lowest BCUT2D eigenvalue weighted by Crippen LogP contribution is -2.52. The minimum Gasteiger partial charge on any atom is -0.271 e. The van der Waals surface area contributed by atoms with Gasteiger partial charge < -0.3 is 0 Å². The summed E-state index contributed by atoms with van der Waals surface area (Å²) < 4.78 is 1.73. The molecule has 0 bridgehead atoms. The molecule has 0 aliphatic rings. The van der Waals surface area contributed by atoms with E-state index in [0.29, 0.717) is 0 Å². The van der Waals surface area contributed by atoms with Gasteiger partial charge in [-0.1, -0.05) is 49.4 Å². The molecule has 1 aromatic carbocycles. The van der Waals surface area contributed by atoms with Crippen LogP contribution in [0.4, 0.5) is 0 Å². The normalized spacial score (nSPS) is 13.3. The van der Waals surface area contributed by atoms with E-state index in [1.807, 2.05) is 19.3 Å². The number of nitrogens with one attached hydrogen (secondary N) is 1. The van der Waals surface area contributed by atoms with Crippen LogP contribution in [0.1, 0.15) is 37.9 Å². The van der Waals surface area contributed by atoms with Crippen molar-refractivity contribution in [1.82, 2.24) is 20.4 Å². The van der Waals surface area contributed by atoms with Gasteiger partial charge in [-0.05, 0) is 18.4 Å². The van der Waals surface area contributed by atoms with Crippen LogP contribution in [0.3, 0.4) is 0 Å². The van der Waals surface area contributed by atoms with Crippen LogP contribution in [-0.2, 0) is 18.9 Å². The average molecular weight is 287 g/mol. The summed E-state index contributed by atoms with van der Waals surface area (Å²) in [5.41, 5.74) is 5.30. The summed E-state index contributed by atoms with van der Waals surface area (Å²) in [6.45, 7) is 4.44. The Labute approximate surface area is 126 Å². The molecule has 3 N–H and O–H groups in total. The number of hydrogen-bond acceptors (Lipinski definition) is 4. The molecule has 5 nitrogen and oxygen atoms in total. The van der Waals surface area contributed by atoms with Crippen LogP contribution >= 0.6 is 0 Å². The Hall–Kier alpha value is -1.72. The van der Waals surface area contributed by atoms with E-state index in [9.17, 15) is 0 Å². The molecule has 0 aliphatic heterocycles. The second-order valence-corrected chi connectivity index (χ2v) is 5.54. The van der Waals surface area contributed by atoms with E-state index in [1.54, 1.807) is 4.68 Å². The number of hydrogen-bond donors (Lipinski definition) is 2. The minimum atomic E-state index is -0.00642. The van der Waals surface area contributed by atoms with E-state index in [0.717, 1.165) is 25.0 Å². The fraction of sp³-hybridized carbons (Fsp3) is 0.500. The molecule has 2 rings (SSSR count). The molecule has 0 saturated heterocycles. The van der Waals surface area contributed by atoms with Crippen molar-refractivity contribution >= 4 is 0 Å². The van der Waals surface area contributed by atoms with Crippen LogP contribution in [0.5, 0.6) is 0 Å². The predicted octanol–water partition coefficient (Wildman–Crippen LogP) is 1.95. The van der Waals surface area contributed by atoms with Gasteiger partial charge in [-0.2, -0.15) is 0 Å². The third kappa shape index (κ3) is 3.14. The second kappa shape index (κ2) is 6.83. The molecule has 0 radical (unpaired) electrons. The Morgan fingerprint density at radius 3 is 2.38 bits per heavy atom. The van der Waals surface area contributed by atoms with Gasteiger partial charge in [0.2, 0.25) is 0 Å². The lowest BCUT2D eigenvalue weighted by atomic mass is 9.69. The van der Waals surface area contributed by atoms with Crippen LogP contribution in [0.2, 0.25) is 0 Å². The number of aryl methyl sites for hydroxylation is 1. The molecule has 0 fully saturated rings. The first-order valence-electron chi connectivity index (χ1n) is 7.53. The summed E-state index contributed by atoms with van der Waals surface area (Å²) in [6, 6.07) is 10.7. The van der Waals surface area contributed by atoms with Crippen molar-refractivity contribution in [2.24, 2.45) is 12.9 Å². The van der Waals surface area contributed by atoms with Crippen molar-refractivity contribution in [3.8, 4) is 0 Å². The Morgan fingerprint density at radius 1 is 1.24 bits per heavy atom. The number of hydrazine groups is 1. The summed E-state index contributed by atoms with van der Waals surface area (Å²) in [5, 5.41) is 8.21. The van der Waals surface area contributed by atoms with Crippen molar-refractivity contribution in [1.29, 1.82) is 0 Å². The van der Waals surface area contributed by atoms with E-state index < -0.39 is 0 Å². The lowest BCUT2D eigenvalue weighted by molar-refractivity contribution is 0.269. The van der Waals surface area contributed by atoms with Crippen LogP contribution in [-0.4, -0.2) is 21.0 Å². The molecule has 0 saturated carbocycles. The van der Waals surface area contributed by atoms with Gasteiger partial charge in [0, 0.05) is 31.1 Å². The number of nitrogens with zero attached hydrogens (tertiary/aromatic N) is 3. The van der Waals surface area contributed by atoms with Gasteiger partial charge in [0.1, 0.15) is 0 Å². The van der Waals surface area contributed by atoms with Crippen molar-refractivity contribution in [3.63, 3.8) is 0 Å². The van der Waals surface area contributed by atoms with E-state index in [2.05, 4.69) is 53.9 Å². The first-order chi connectivity index (χ1) is 10.2. The zero-order valence-electron chi connectivity index (χ0n) is 13.1. The number of nitrogens with two attached hydrogens (primary N) is 1. The van der Waals surface area contributed by atoms with Crippen LogP contribution in [0.15, 0.2) is 36.5 Å². The van der Waals surface area contributed by atoms with Crippen molar-refractivity contribution in [3.05, 3.63) is 47.8 Å². The molecule has 1 unspecified atom stereocenters. The Bertz CT molecular complexity index is 545. The summed E-state index contributed by atoms with van der Waals surface area (Å²) in [7, 11) is 1.88. The molecule has 2 aromatic rings. The van der Waals surface area contributed by atoms with Gasteiger partial charge in [-0.3, -0.25) is 16.0 Å². The zero-order chi connectivity index (χ0) is 15.3. The van der Waals surface area contributed by atoms with E-state index >= 15 is 0 Å². The van der Waals surface area contributed by atoms with Gasteiger partial charge in [0.25, 0.3) is 0 Å². The molecule has 114 valence electrons. The topological polar surface area (TPSA) is 68.8 Å². The van der Waals surface area contributed by atoms with E-state index in [1.165, 1.54) is 5.56 Å². The summed E-state index contributed by atoms with van der Waals surface area (Å²) in [4.78, 5) is 0.